The second kappa shape index (κ2) is 4.83. The Hall–Kier alpha value is -2.78. The van der Waals surface area contributed by atoms with Gasteiger partial charge in [0.05, 0.1) is 13.1 Å². The van der Waals surface area contributed by atoms with Crippen molar-refractivity contribution in [3.63, 3.8) is 0 Å². The van der Waals surface area contributed by atoms with Crippen LogP contribution in [0.5, 0.6) is 11.5 Å². The van der Waals surface area contributed by atoms with Crippen molar-refractivity contribution in [2.45, 2.75) is 0 Å². The van der Waals surface area contributed by atoms with E-state index in [0.29, 0.717) is 22.9 Å². The van der Waals surface area contributed by atoms with Crippen LogP contribution < -0.4 is 4.74 Å². The lowest BCUT2D eigenvalue weighted by molar-refractivity contribution is 0.483. The highest BCUT2D eigenvalue weighted by molar-refractivity contribution is 5.50. The molecule has 2 rings (SSSR count). The van der Waals surface area contributed by atoms with Crippen molar-refractivity contribution in [2.24, 2.45) is 0 Å². The van der Waals surface area contributed by atoms with Gasteiger partial charge in [0.2, 0.25) is 0 Å². The number of ether oxygens (including phenoxy) is 1. The molecule has 0 spiro atoms. The molecule has 3 heteroatoms. The van der Waals surface area contributed by atoms with Crippen molar-refractivity contribution in [1.29, 1.82) is 0 Å². The van der Waals surface area contributed by atoms with Crippen LogP contribution in [-0.4, -0.2) is 0 Å². The first-order chi connectivity index (χ1) is 8.31. The lowest BCUT2D eigenvalue weighted by atomic mass is 10.3. The van der Waals surface area contributed by atoms with E-state index in [1.807, 2.05) is 0 Å². The smallest absolute Gasteiger partial charge is 0.187 e. The van der Waals surface area contributed by atoms with Crippen LogP contribution in [0.15, 0.2) is 48.5 Å². The zero-order valence-corrected chi connectivity index (χ0v) is 8.92. The molecule has 3 nitrogen and oxygen atoms in total. The Balaban J connectivity index is 2.14. The molecule has 0 bridgehead atoms. The van der Waals surface area contributed by atoms with Crippen molar-refractivity contribution in [3.05, 3.63) is 71.4 Å². The second-order valence-corrected chi connectivity index (χ2v) is 3.31. The van der Waals surface area contributed by atoms with Crippen molar-refractivity contribution >= 4 is 11.4 Å². The van der Waals surface area contributed by atoms with Gasteiger partial charge in [0, 0.05) is 0 Å². The molecule has 0 amide bonds. The van der Waals surface area contributed by atoms with Gasteiger partial charge in [-0.3, -0.25) is 0 Å². The molecule has 0 aliphatic carbocycles. The molecule has 0 radical (unpaired) electrons. The quantitative estimate of drug-likeness (QED) is 0.677. The molecule has 0 aliphatic rings. The molecule has 0 fully saturated rings. The van der Waals surface area contributed by atoms with Crippen molar-refractivity contribution in [3.8, 4) is 11.5 Å². The number of rotatable bonds is 2. The molecule has 0 unspecified atom stereocenters. The first-order valence-corrected chi connectivity index (χ1v) is 4.95. The summed E-state index contributed by atoms with van der Waals surface area (Å²) in [5.74, 6) is 1.35. The Morgan fingerprint density at radius 2 is 1.00 bits per heavy atom. The summed E-state index contributed by atoms with van der Waals surface area (Å²) in [4.78, 5) is 6.61. The van der Waals surface area contributed by atoms with Crippen LogP contribution in [0, 0.1) is 13.1 Å². The van der Waals surface area contributed by atoms with Crippen molar-refractivity contribution in [1.82, 2.24) is 0 Å². The molecular formula is C14H8N2O. The van der Waals surface area contributed by atoms with E-state index in [1.165, 1.54) is 0 Å². The normalized spacial score (nSPS) is 9.06. The average Bonchev–Trinajstić information content (AvgIpc) is 2.40. The van der Waals surface area contributed by atoms with E-state index in [-0.39, 0.29) is 0 Å². The highest BCUT2D eigenvalue weighted by Gasteiger charge is 1.98. The maximum atomic E-state index is 6.84. The van der Waals surface area contributed by atoms with Gasteiger partial charge in [-0.25, -0.2) is 9.69 Å². The van der Waals surface area contributed by atoms with E-state index < -0.39 is 0 Å². The summed E-state index contributed by atoms with van der Waals surface area (Å²) in [5, 5.41) is 0. The van der Waals surface area contributed by atoms with Gasteiger partial charge >= 0.3 is 0 Å². The van der Waals surface area contributed by atoms with Crippen LogP contribution in [-0.2, 0) is 0 Å². The number of nitrogens with zero attached hydrogens (tertiary/aromatic N) is 2. The number of benzene rings is 2. The van der Waals surface area contributed by atoms with Crippen LogP contribution in [0.1, 0.15) is 0 Å². The van der Waals surface area contributed by atoms with E-state index >= 15 is 0 Å². The fraction of sp³-hybridized carbons (Fsp3) is 0. The van der Waals surface area contributed by atoms with Gasteiger partial charge in [-0.05, 0) is 24.3 Å². The third-order valence-corrected chi connectivity index (χ3v) is 2.17. The molecule has 2 aromatic rings. The zero-order valence-electron chi connectivity index (χ0n) is 8.92. The second-order valence-electron chi connectivity index (χ2n) is 3.31. The Labute approximate surface area is 99.5 Å². The Morgan fingerprint density at radius 1 is 0.647 bits per heavy atom. The molecule has 0 atom stereocenters. The van der Waals surface area contributed by atoms with E-state index in [1.54, 1.807) is 48.5 Å². The summed E-state index contributed by atoms with van der Waals surface area (Å²) in [6, 6.07) is 13.8. The van der Waals surface area contributed by atoms with E-state index in [4.69, 9.17) is 17.9 Å². The molecule has 0 saturated carbocycles. The predicted molar refractivity (Wildman–Crippen MR) is 65.5 cm³/mol. The summed E-state index contributed by atoms with van der Waals surface area (Å²) in [7, 11) is 0. The summed E-state index contributed by atoms with van der Waals surface area (Å²) in [5.41, 5.74) is 1.17. The monoisotopic (exact) mass is 220 g/mol. The summed E-state index contributed by atoms with van der Waals surface area (Å²) in [6.07, 6.45) is 0. The molecule has 0 saturated heterocycles. The minimum atomic E-state index is 0.584. The molecule has 0 aliphatic heterocycles. The molecule has 0 heterocycles. The molecule has 80 valence electrons. The van der Waals surface area contributed by atoms with E-state index in [9.17, 15) is 0 Å². The largest absolute Gasteiger partial charge is 0.458 e. The molecule has 0 N–H and O–H groups in total. The lowest BCUT2D eigenvalue weighted by Gasteiger charge is -2.05. The zero-order chi connectivity index (χ0) is 12.1. The number of hydrogen-bond donors (Lipinski definition) is 0. The highest BCUT2D eigenvalue weighted by atomic mass is 16.5. The summed E-state index contributed by atoms with van der Waals surface area (Å²) in [6.45, 7) is 13.7. The third-order valence-electron chi connectivity index (χ3n) is 2.17. The maximum Gasteiger partial charge on any atom is 0.187 e. The Morgan fingerprint density at radius 3 is 1.29 bits per heavy atom. The van der Waals surface area contributed by atoms with Gasteiger partial charge in [-0.2, -0.15) is 0 Å². The Kier molecular flexibility index (Phi) is 3.05. The molecule has 0 aromatic heterocycles. The van der Waals surface area contributed by atoms with Gasteiger partial charge in [-0.1, -0.05) is 24.3 Å². The van der Waals surface area contributed by atoms with Crippen LogP contribution in [0.25, 0.3) is 9.69 Å². The van der Waals surface area contributed by atoms with Gasteiger partial charge < -0.3 is 4.74 Å². The fourth-order valence-corrected chi connectivity index (χ4v) is 1.31. The standard InChI is InChI=1S/C14H8N2O/c1-15-11-3-7-13(8-4-11)17-14-9-5-12(16-2)6-10-14/h3-10H. The molecule has 2 aromatic carbocycles. The van der Waals surface area contributed by atoms with Gasteiger partial charge in [-0.15, -0.1) is 0 Å². The van der Waals surface area contributed by atoms with Crippen LogP contribution in [0.2, 0.25) is 0 Å². The van der Waals surface area contributed by atoms with Crippen molar-refractivity contribution in [2.75, 3.05) is 0 Å². The average molecular weight is 220 g/mol. The first kappa shape index (κ1) is 10.7. The fourth-order valence-electron chi connectivity index (χ4n) is 1.31. The lowest BCUT2D eigenvalue weighted by Crippen LogP contribution is -1.82. The topological polar surface area (TPSA) is 17.9 Å². The van der Waals surface area contributed by atoms with Crippen LogP contribution in [0.4, 0.5) is 11.4 Å². The molecule has 17 heavy (non-hydrogen) atoms. The summed E-state index contributed by atoms with van der Waals surface area (Å²) < 4.78 is 5.57. The highest BCUT2D eigenvalue weighted by Crippen LogP contribution is 2.25. The van der Waals surface area contributed by atoms with E-state index in [0.717, 1.165) is 0 Å². The maximum absolute atomic E-state index is 6.84. The van der Waals surface area contributed by atoms with Crippen molar-refractivity contribution < 1.29 is 4.74 Å². The predicted octanol–water partition coefficient (Wildman–Crippen LogP) is 4.58. The van der Waals surface area contributed by atoms with Crippen LogP contribution >= 0.6 is 0 Å². The number of hydrogen-bond acceptors (Lipinski definition) is 1. The van der Waals surface area contributed by atoms with Crippen LogP contribution in [0.3, 0.4) is 0 Å². The minimum absolute atomic E-state index is 0.584. The third kappa shape index (κ3) is 2.62. The summed E-state index contributed by atoms with van der Waals surface area (Å²) >= 11 is 0. The minimum Gasteiger partial charge on any atom is -0.458 e. The van der Waals surface area contributed by atoms with Gasteiger partial charge in [0.25, 0.3) is 0 Å². The SMILES string of the molecule is [C-]#[N+]c1ccc(Oc2ccc([N+]#[C-])cc2)cc1. The molecular weight excluding hydrogens is 212 g/mol. The van der Waals surface area contributed by atoms with Gasteiger partial charge in [0.15, 0.2) is 11.4 Å². The Bertz CT molecular complexity index is 531. The first-order valence-electron chi connectivity index (χ1n) is 4.95. The van der Waals surface area contributed by atoms with Gasteiger partial charge in [0.1, 0.15) is 11.5 Å². The van der Waals surface area contributed by atoms with E-state index in [2.05, 4.69) is 9.69 Å².